The highest BCUT2D eigenvalue weighted by molar-refractivity contribution is 5.82. The molecular formula is C77H132O31. The molecule has 0 aliphatic carbocycles. The predicted octanol–water partition coefficient (Wildman–Crippen LogP) is 0.697. The summed E-state index contributed by atoms with van der Waals surface area (Å²) in [5, 5.41) is 204. The molecule has 0 aromatic rings. The molecule has 0 unspecified atom stereocenters. The van der Waals surface area contributed by atoms with Crippen LogP contribution < -0.4 is 0 Å². The van der Waals surface area contributed by atoms with E-state index in [4.69, 9.17) is 56.8 Å². The van der Waals surface area contributed by atoms with Crippen LogP contribution >= 0.6 is 0 Å². The molecule has 41 atom stereocenters. The number of hydrogen-bond donors (Lipinski definition) is 18. The number of fused-ring (bicyclic) bond motifs is 2. The number of aliphatic hydroxyl groups is 18. The second-order valence-corrected chi connectivity index (χ2v) is 31.9. The third-order valence-electron chi connectivity index (χ3n) is 23.6. The van der Waals surface area contributed by atoms with Gasteiger partial charge in [-0.15, -0.1) is 0 Å². The largest absolute Gasteiger partial charge is 0.458 e. The fourth-order valence-electron chi connectivity index (χ4n) is 15.6. The van der Waals surface area contributed by atoms with Gasteiger partial charge in [-0.05, 0) is 85.5 Å². The van der Waals surface area contributed by atoms with Crippen molar-refractivity contribution >= 4 is 5.97 Å². The molecule has 6 fully saturated rings. The Balaban J connectivity index is 1.09. The van der Waals surface area contributed by atoms with Crippen LogP contribution in [-0.4, -0.2) is 312 Å². The summed E-state index contributed by atoms with van der Waals surface area (Å²) in [7, 11) is 0. The molecule has 2 bridgehead atoms. The van der Waals surface area contributed by atoms with Gasteiger partial charge >= 0.3 is 5.97 Å². The minimum atomic E-state index is -2.71. The number of allylic oxidation sites excluding steroid dienone is 4. The number of ether oxygens (including phenoxy) is 12. The minimum Gasteiger partial charge on any atom is -0.458 e. The number of carbonyl (C=O) groups is 1. The van der Waals surface area contributed by atoms with E-state index in [0.717, 1.165) is 6.08 Å². The Bertz CT molecular complexity index is 2740. The Labute approximate surface area is 634 Å². The Kier molecular flexibility index (Phi) is 36.6. The van der Waals surface area contributed by atoms with E-state index in [1.165, 1.54) is 65.0 Å². The van der Waals surface area contributed by atoms with Crippen LogP contribution in [0.3, 0.4) is 0 Å². The maximum Gasteiger partial charge on any atom is 0.331 e. The van der Waals surface area contributed by atoms with Gasteiger partial charge in [-0.2, -0.15) is 0 Å². The first-order valence-electron chi connectivity index (χ1n) is 39.2. The third kappa shape index (κ3) is 25.1. The average Bonchev–Trinajstić information content (AvgIpc) is 0.772. The van der Waals surface area contributed by atoms with Crippen LogP contribution in [0.5, 0.6) is 0 Å². The van der Waals surface area contributed by atoms with Crippen molar-refractivity contribution in [1.82, 2.24) is 0 Å². The molecule has 7 aliphatic rings. The number of hydrogen-bond acceptors (Lipinski definition) is 31. The van der Waals surface area contributed by atoms with Gasteiger partial charge in [0.2, 0.25) is 0 Å². The molecule has 0 amide bonds. The van der Waals surface area contributed by atoms with Crippen LogP contribution in [0.2, 0.25) is 0 Å². The molecule has 7 heterocycles. The fraction of sp³-hybridized carbons (Fsp3) is 0.883. The Hall–Kier alpha value is -2.73. The molecule has 0 aromatic carbocycles. The molecule has 626 valence electrons. The van der Waals surface area contributed by atoms with Crippen LogP contribution in [-0.2, 0) is 61.6 Å². The lowest BCUT2D eigenvalue weighted by Crippen LogP contribution is -2.65. The smallest absolute Gasteiger partial charge is 0.331 e. The van der Waals surface area contributed by atoms with Crippen LogP contribution in [0.4, 0.5) is 0 Å². The van der Waals surface area contributed by atoms with Crippen molar-refractivity contribution in [2.45, 2.75) is 394 Å². The van der Waals surface area contributed by atoms with Crippen molar-refractivity contribution in [2.75, 3.05) is 0 Å². The molecule has 31 nitrogen and oxygen atoms in total. The van der Waals surface area contributed by atoms with Crippen molar-refractivity contribution in [3.05, 3.63) is 48.6 Å². The quantitative estimate of drug-likeness (QED) is 0.0891. The summed E-state index contributed by atoms with van der Waals surface area (Å²) < 4.78 is 74.8. The lowest BCUT2D eigenvalue weighted by Gasteiger charge is -2.50. The van der Waals surface area contributed by atoms with E-state index in [-0.39, 0.29) is 76.1 Å². The normalized spacial score (nSPS) is 46.4. The summed E-state index contributed by atoms with van der Waals surface area (Å²) >= 11 is 0. The molecule has 0 aromatic heterocycles. The zero-order valence-electron chi connectivity index (χ0n) is 64.7. The SMILES string of the molecule is CC[C@H](O[C@H]1CC[C@H](O[C@H]2CC[C@H](O)[C@@H](C)O2)[C@@H](C)O1)[C@H](C)[C@H](O)[C@@H](C)[C@H](O)[C@H](C)[C@@H]1CC=CC=C[C@@H](O)C[C@H](O)[C@@H](C)[C@@H](O)C[C@H](O)[C@@H](C)[C@@H]2C[C@H](O)[C@@H](O)[C@](O)(C[C@@H](O[C@@H]3O[C@H](C)[C@@H](O)[C@H](O[C@H]4C[C@@H](O)[C@H](O)[C@@H](C)O4)[C@H]3O[C@@H]3O[C@H](C)[C@@H](O)[C@H](O)[C@H]3O)[C@H](C)CCC[C@H](O)[C@H](O)CC=CC=CC(=O)O1)O2. The zero-order chi connectivity index (χ0) is 79.9. The average molecular weight is 1550 g/mol. The number of rotatable bonds is 17. The van der Waals surface area contributed by atoms with E-state index in [1.54, 1.807) is 32.9 Å². The summed E-state index contributed by atoms with van der Waals surface area (Å²) in [6.45, 7) is 20.0. The third-order valence-corrected chi connectivity index (χ3v) is 23.6. The molecular weight excluding hydrogens is 1420 g/mol. The van der Waals surface area contributed by atoms with E-state index < -0.39 is 244 Å². The van der Waals surface area contributed by atoms with Crippen molar-refractivity contribution < 1.29 is 154 Å². The predicted molar refractivity (Wildman–Crippen MR) is 384 cm³/mol. The summed E-state index contributed by atoms with van der Waals surface area (Å²) in [6, 6.07) is 0. The maximum atomic E-state index is 13.6. The van der Waals surface area contributed by atoms with Gasteiger partial charge in [-0.1, -0.05) is 97.4 Å². The first-order chi connectivity index (χ1) is 50.8. The summed E-state index contributed by atoms with van der Waals surface area (Å²) in [6.07, 6.45) is -28.8. The van der Waals surface area contributed by atoms with Gasteiger partial charge < -0.3 is 149 Å². The van der Waals surface area contributed by atoms with Gasteiger partial charge in [-0.3, -0.25) is 0 Å². The first kappa shape index (κ1) is 92.4. The van der Waals surface area contributed by atoms with Crippen molar-refractivity contribution in [1.29, 1.82) is 0 Å². The highest BCUT2D eigenvalue weighted by Gasteiger charge is 2.56. The molecule has 6 saturated heterocycles. The minimum absolute atomic E-state index is 0.0160. The monoisotopic (exact) mass is 1550 g/mol. The Morgan fingerprint density at radius 3 is 1.79 bits per heavy atom. The standard InChI is InChI=1S/C77H132O31/c1-13-56(103-63-30-28-58(43(9)98-63)104-62-29-27-48(79)42(8)97-62)39(5)65(88)41(7)66(89)40(6)57-25-18-14-16-22-47(78)31-51(82)37(3)52(83)32-53(84)38(4)59-33-55(86)74(95)77(96,108-59)35-60(36(2)21-20-24-50(81)49(80)23-17-15-19-26-61(87)102-57)105-76-73(107-75-71(94)70(93)68(91)45(11)100-75)72(69(92)46(12)101-76)106-64-34-54(85)67(90)44(10)99-64/h14-19,22,26,36-60,62-76,78-86,88-96H,13,20-21,23-25,27-35H2,1-12H3/t36-,37-,38-,39+,40-,41-,42-,43-,44-,45-,46-,47-,48+,49-,50+,51+,52+,53+,54-,55+,56+,57+,58+,59+,60-,62+,63+,64+,65+,66-,67-,68-,69-,70+,71-,72+,73-,74-,75+,76+,77+/m1/s1. The zero-order valence-corrected chi connectivity index (χ0v) is 64.7. The summed E-state index contributed by atoms with van der Waals surface area (Å²) in [5.41, 5.74) is 0. The van der Waals surface area contributed by atoms with Crippen LogP contribution in [0.1, 0.15) is 179 Å². The number of esters is 1. The lowest BCUT2D eigenvalue weighted by molar-refractivity contribution is -0.390. The maximum absolute atomic E-state index is 13.6. The van der Waals surface area contributed by atoms with Gasteiger partial charge in [0.1, 0.15) is 54.9 Å². The molecule has 7 aliphatic heterocycles. The fourth-order valence-corrected chi connectivity index (χ4v) is 15.6. The highest BCUT2D eigenvalue weighted by Crippen LogP contribution is 2.42. The molecule has 0 spiro atoms. The molecule has 7 rings (SSSR count). The Morgan fingerprint density at radius 1 is 0.491 bits per heavy atom. The molecule has 31 heteroatoms. The molecule has 18 N–H and O–H groups in total. The van der Waals surface area contributed by atoms with E-state index >= 15 is 0 Å². The van der Waals surface area contributed by atoms with Gasteiger partial charge in [0.25, 0.3) is 0 Å². The van der Waals surface area contributed by atoms with E-state index in [1.807, 2.05) is 27.7 Å². The van der Waals surface area contributed by atoms with Crippen LogP contribution in [0.25, 0.3) is 0 Å². The van der Waals surface area contributed by atoms with Crippen LogP contribution in [0.15, 0.2) is 48.6 Å². The Morgan fingerprint density at radius 2 is 1.11 bits per heavy atom. The van der Waals surface area contributed by atoms with Crippen molar-refractivity contribution in [3.8, 4) is 0 Å². The molecule has 0 saturated carbocycles. The van der Waals surface area contributed by atoms with Gasteiger partial charge in [0.15, 0.2) is 37.2 Å². The van der Waals surface area contributed by atoms with E-state index in [0.29, 0.717) is 32.1 Å². The number of aliphatic hydroxyl groups excluding tert-OH is 17. The van der Waals surface area contributed by atoms with Crippen LogP contribution in [0, 0.1) is 35.5 Å². The van der Waals surface area contributed by atoms with Crippen molar-refractivity contribution in [2.24, 2.45) is 35.5 Å². The highest BCUT2D eigenvalue weighted by atomic mass is 16.8. The van der Waals surface area contributed by atoms with Crippen molar-refractivity contribution in [3.63, 3.8) is 0 Å². The summed E-state index contributed by atoms with van der Waals surface area (Å²) in [4.78, 5) is 13.6. The summed E-state index contributed by atoms with van der Waals surface area (Å²) in [5.74, 6) is -8.26. The van der Waals surface area contributed by atoms with Gasteiger partial charge in [-0.25, -0.2) is 4.79 Å². The van der Waals surface area contributed by atoms with E-state index in [9.17, 15) is 96.7 Å². The van der Waals surface area contributed by atoms with E-state index in [2.05, 4.69) is 0 Å². The number of cyclic esters (lactones) is 1. The van der Waals surface area contributed by atoms with Gasteiger partial charge in [0, 0.05) is 80.6 Å². The second kappa shape index (κ2) is 42.8. The van der Waals surface area contributed by atoms with Gasteiger partial charge in [0.05, 0.1) is 122 Å². The lowest BCUT2D eigenvalue weighted by atomic mass is 9.79. The first-order valence-corrected chi connectivity index (χ1v) is 39.2. The topological polar surface area (TPSA) is 492 Å². The molecule has 108 heavy (non-hydrogen) atoms. The molecule has 0 radical (unpaired) electrons. The number of carbonyl (C=O) groups excluding carboxylic acids is 1. The second-order valence-electron chi connectivity index (χ2n) is 31.9.